The lowest BCUT2D eigenvalue weighted by Crippen LogP contribution is -2.55. The topological polar surface area (TPSA) is 43.4 Å². The Morgan fingerprint density at radius 1 is 1.56 bits per heavy atom. The molecule has 4 aliphatic rings. The minimum absolute atomic E-state index is 0.161. The number of rotatable bonds is 1. The van der Waals surface area contributed by atoms with Crippen LogP contribution >= 0.6 is 0 Å². The van der Waals surface area contributed by atoms with Crippen molar-refractivity contribution in [2.45, 2.75) is 38.7 Å². The van der Waals surface area contributed by atoms with Crippen LogP contribution < -0.4 is 0 Å². The van der Waals surface area contributed by atoms with Crippen molar-refractivity contribution in [1.82, 2.24) is 0 Å². The number of hydrogen-bond donors (Lipinski definition) is 0. The molecule has 0 heterocycles. The third-order valence-electron chi connectivity index (χ3n) is 4.92. The molecule has 3 heteroatoms. The van der Waals surface area contributed by atoms with Gasteiger partial charge in [0, 0.05) is 18.8 Å². The van der Waals surface area contributed by atoms with Crippen molar-refractivity contribution >= 4 is 11.8 Å². The van der Waals surface area contributed by atoms with Crippen LogP contribution in [0.4, 0.5) is 0 Å². The van der Waals surface area contributed by atoms with E-state index >= 15 is 0 Å². The lowest BCUT2D eigenvalue weighted by molar-refractivity contribution is -0.158. The van der Waals surface area contributed by atoms with Crippen LogP contribution in [0.25, 0.3) is 0 Å². The largest absolute Gasteiger partial charge is 0.457 e. The van der Waals surface area contributed by atoms with Gasteiger partial charge in [0.1, 0.15) is 6.10 Å². The Balaban J connectivity index is 2.02. The van der Waals surface area contributed by atoms with Crippen molar-refractivity contribution in [3.8, 4) is 0 Å². The van der Waals surface area contributed by atoms with Gasteiger partial charge < -0.3 is 4.74 Å². The van der Waals surface area contributed by atoms with Crippen molar-refractivity contribution in [3.63, 3.8) is 0 Å². The second kappa shape index (κ2) is 3.81. The first-order valence-corrected chi connectivity index (χ1v) is 6.61. The van der Waals surface area contributed by atoms with Gasteiger partial charge in [-0.15, -0.1) is 0 Å². The zero-order chi connectivity index (χ0) is 12.9. The standard InChI is InChI=1S/C15H18O3/c1-9-11-3-5-15(14(9)18-10(2)16)6-4-13(17)8-12(15)7-11/h4,6,11-12,14H,1,3,5,7-8H2,2H3/t11-,12-,14-,15-/m0/s1. The van der Waals surface area contributed by atoms with E-state index in [0.717, 1.165) is 24.8 Å². The third kappa shape index (κ3) is 1.49. The fourth-order valence-electron chi connectivity index (χ4n) is 4.04. The Morgan fingerprint density at radius 3 is 3.06 bits per heavy atom. The van der Waals surface area contributed by atoms with Crippen molar-refractivity contribution in [2.24, 2.45) is 17.3 Å². The molecule has 0 unspecified atom stereocenters. The highest BCUT2D eigenvalue weighted by atomic mass is 16.5. The predicted molar refractivity (Wildman–Crippen MR) is 66.7 cm³/mol. The highest BCUT2D eigenvalue weighted by Crippen LogP contribution is 2.59. The van der Waals surface area contributed by atoms with Crippen molar-refractivity contribution in [1.29, 1.82) is 0 Å². The van der Waals surface area contributed by atoms with Gasteiger partial charge in [-0.25, -0.2) is 0 Å². The fourth-order valence-corrected chi connectivity index (χ4v) is 4.04. The van der Waals surface area contributed by atoms with Crippen molar-refractivity contribution < 1.29 is 14.3 Å². The SMILES string of the molecule is C=C1[C@H]2CC[C@@]3(C=CC(=O)C[C@@H]3C2)[C@H]1OC(C)=O. The van der Waals surface area contributed by atoms with E-state index in [2.05, 4.69) is 6.58 Å². The monoisotopic (exact) mass is 246 g/mol. The summed E-state index contributed by atoms with van der Waals surface area (Å²) in [5.41, 5.74) is 0.887. The molecule has 3 fully saturated rings. The van der Waals surface area contributed by atoms with Crippen LogP contribution in [0.5, 0.6) is 0 Å². The van der Waals surface area contributed by atoms with Gasteiger partial charge in [-0.1, -0.05) is 12.7 Å². The fraction of sp³-hybridized carbons (Fsp3) is 0.600. The van der Waals surface area contributed by atoms with Gasteiger partial charge in [0.15, 0.2) is 5.78 Å². The molecule has 0 N–H and O–H groups in total. The van der Waals surface area contributed by atoms with Crippen LogP contribution in [0.2, 0.25) is 0 Å². The molecule has 4 atom stereocenters. The molecule has 0 saturated heterocycles. The summed E-state index contributed by atoms with van der Waals surface area (Å²) in [5, 5.41) is 0. The molecule has 0 aromatic rings. The number of hydrogen-bond acceptors (Lipinski definition) is 3. The van der Waals surface area contributed by atoms with Gasteiger partial charge in [0.2, 0.25) is 0 Å². The highest BCUT2D eigenvalue weighted by Gasteiger charge is 2.57. The van der Waals surface area contributed by atoms with E-state index in [1.54, 1.807) is 6.08 Å². The quantitative estimate of drug-likeness (QED) is 0.527. The van der Waals surface area contributed by atoms with E-state index in [9.17, 15) is 9.59 Å². The molecule has 0 aliphatic heterocycles. The second-order valence-electron chi connectivity index (χ2n) is 5.85. The van der Waals surface area contributed by atoms with Crippen molar-refractivity contribution in [3.05, 3.63) is 24.3 Å². The number of esters is 1. The van der Waals surface area contributed by atoms with Gasteiger partial charge in [-0.3, -0.25) is 9.59 Å². The van der Waals surface area contributed by atoms with E-state index in [0.29, 0.717) is 18.3 Å². The van der Waals surface area contributed by atoms with E-state index < -0.39 is 0 Å². The maximum Gasteiger partial charge on any atom is 0.303 e. The smallest absolute Gasteiger partial charge is 0.303 e. The number of carbonyl (C=O) groups excluding carboxylic acids is 2. The molecular formula is C15H18O3. The Kier molecular flexibility index (Phi) is 2.47. The van der Waals surface area contributed by atoms with Crippen LogP contribution in [0.3, 0.4) is 0 Å². The summed E-state index contributed by atoms with van der Waals surface area (Å²) in [6.45, 7) is 5.58. The lowest BCUT2D eigenvalue weighted by atomic mass is 9.50. The molecule has 4 rings (SSSR count). The first-order valence-electron chi connectivity index (χ1n) is 6.61. The molecule has 3 saturated carbocycles. The van der Waals surface area contributed by atoms with Crippen LogP contribution in [0, 0.1) is 17.3 Å². The van der Waals surface area contributed by atoms with Crippen LogP contribution in [-0.4, -0.2) is 17.9 Å². The average Bonchev–Trinajstić information content (AvgIpc) is 2.33. The van der Waals surface area contributed by atoms with Crippen LogP contribution in [-0.2, 0) is 14.3 Å². The Bertz CT molecular complexity index is 462. The first kappa shape index (κ1) is 11.7. The van der Waals surface area contributed by atoms with Gasteiger partial charge in [0.05, 0.1) is 0 Å². The average molecular weight is 246 g/mol. The van der Waals surface area contributed by atoms with E-state index in [-0.39, 0.29) is 23.3 Å². The minimum Gasteiger partial charge on any atom is -0.457 e. The molecule has 1 spiro atoms. The summed E-state index contributed by atoms with van der Waals surface area (Å²) in [5.74, 6) is 0.682. The molecule has 0 aromatic heterocycles. The Morgan fingerprint density at radius 2 is 2.33 bits per heavy atom. The second-order valence-corrected chi connectivity index (χ2v) is 5.85. The molecule has 0 aromatic carbocycles. The lowest BCUT2D eigenvalue weighted by Gasteiger charge is -2.56. The summed E-state index contributed by atoms with van der Waals surface area (Å²) >= 11 is 0. The predicted octanol–water partition coefficient (Wildman–Crippen LogP) is 2.42. The first-order chi connectivity index (χ1) is 8.53. The van der Waals surface area contributed by atoms with E-state index in [4.69, 9.17) is 4.74 Å². The summed E-state index contributed by atoms with van der Waals surface area (Å²) < 4.78 is 5.53. The normalized spacial score (nSPS) is 41.7. The summed E-state index contributed by atoms with van der Waals surface area (Å²) in [6.07, 6.45) is 7.17. The molecule has 18 heavy (non-hydrogen) atoms. The number of ether oxygens (including phenoxy) is 1. The Hall–Kier alpha value is -1.38. The van der Waals surface area contributed by atoms with Crippen LogP contribution in [0.15, 0.2) is 24.3 Å². The molecule has 0 amide bonds. The molecular weight excluding hydrogens is 228 g/mol. The molecule has 3 nitrogen and oxygen atoms in total. The zero-order valence-electron chi connectivity index (χ0n) is 10.6. The van der Waals surface area contributed by atoms with Gasteiger partial charge in [0.25, 0.3) is 0 Å². The minimum atomic E-state index is -0.257. The summed E-state index contributed by atoms with van der Waals surface area (Å²) in [7, 11) is 0. The number of carbonyl (C=O) groups is 2. The summed E-state index contributed by atoms with van der Waals surface area (Å²) in [4.78, 5) is 22.9. The number of fused-ring (bicyclic) bond motifs is 2. The van der Waals surface area contributed by atoms with E-state index in [1.165, 1.54) is 6.92 Å². The number of allylic oxidation sites excluding steroid dienone is 1. The molecule has 4 aliphatic carbocycles. The molecule has 2 bridgehead atoms. The van der Waals surface area contributed by atoms with Crippen molar-refractivity contribution in [2.75, 3.05) is 0 Å². The number of ketones is 1. The van der Waals surface area contributed by atoms with Gasteiger partial charge in [-0.2, -0.15) is 0 Å². The Labute approximate surface area is 107 Å². The molecule has 0 radical (unpaired) electrons. The van der Waals surface area contributed by atoms with Gasteiger partial charge in [-0.05, 0) is 42.7 Å². The van der Waals surface area contributed by atoms with Gasteiger partial charge >= 0.3 is 5.97 Å². The summed E-state index contributed by atoms with van der Waals surface area (Å²) in [6, 6.07) is 0. The zero-order valence-corrected chi connectivity index (χ0v) is 10.6. The maximum absolute atomic E-state index is 11.6. The maximum atomic E-state index is 11.6. The highest BCUT2D eigenvalue weighted by molar-refractivity contribution is 5.91. The third-order valence-corrected chi connectivity index (χ3v) is 4.92. The van der Waals surface area contributed by atoms with E-state index in [1.807, 2.05) is 6.08 Å². The molecule has 96 valence electrons. The van der Waals surface area contributed by atoms with Crippen LogP contribution in [0.1, 0.15) is 32.6 Å².